The number of hydrogen-bond donors (Lipinski definition) is 1. The maximum atomic E-state index is 13.3. The Morgan fingerprint density at radius 1 is 1.28 bits per heavy atom. The number of nitrogens with one attached hydrogen (secondary N) is 1. The van der Waals surface area contributed by atoms with Crippen LogP contribution in [-0.2, 0) is 6.42 Å². The summed E-state index contributed by atoms with van der Waals surface area (Å²) in [6.45, 7) is 5.51. The number of aryl methyl sites for hydroxylation is 2. The zero-order valence-electron chi connectivity index (χ0n) is 10.7. The summed E-state index contributed by atoms with van der Waals surface area (Å²) in [4.78, 5) is 18.9. The van der Waals surface area contributed by atoms with Gasteiger partial charge in [0.25, 0.3) is 5.56 Å². The molecular formula is C14H15FN2O. The molecule has 0 aliphatic rings. The van der Waals surface area contributed by atoms with Crippen molar-refractivity contribution >= 4 is 0 Å². The molecule has 2 aromatic rings. The predicted octanol–water partition coefficient (Wildman–Crippen LogP) is 2.76. The highest BCUT2D eigenvalue weighted by atomic mass is 19.1. The van der Waals surface area contributed by atoms with Crippen molar-refractivity contribution in [3.63, 3.8) is 0 Å². The van der Waals surface area contributed by atoms with Gasteiger partial charge >= 0.3 is 0 Å². The zero-order chi connectivity index (χ0) is 13.3. The summed E-state index contributed by atoms with van der Waals surface area (Å²) in [5.41, 5.74) is 2.60. The molecule has 18 heavy (non-hydrogen) atoms. The molecule has 0 fully saturated rings. The van der Waals surface area contributed by atoms with Crippen LogP contribution in [0.25, 0.3) is 11.4 Å². The first-order valence-electron chi connectivity index (χ1n) is 5.88. The average molecular weight is 246 g/mol. The van der Waals surface area contributed by atoms with Gasteiger partial charge in [-0.3, -0.25) is 4.79 Å². The number of benzene rings is 1. The van der Waals surface area contributed by atoms with Crippen LogP contribution in [-0.4, -0.2) is 9.97 Å². The van der Waals surface area contributed by atoms with Gasteiger partial charge < -0.3 is 4.98 Å². The molecule has 0 radical (unpaired) electrons. The minimum Gasteiger partial charge on any atom is -0.306 e. The van der Waals surface area contributed by atoms with Gasteiger partial charge in [-0.2, -0.15) is 0 Å². The molecule has 0 aliphatic carbocycles. The van der Waals surface area contributed by atoms with Crippen molar-refractivity contribution in [1.29, 1.82) is 0 Å². The Hall–Kier alpha value is -1.97. The standard InChI is InChI=1S/C14H15FN2O/c1-4-12-9(3)16-13(17-14(12)18)10-5-8(2)6-11(15)7-10/h5-7H,4H2,1-3H3,(H,16,17,18). The lowest BCUT2D eigenvalue weighted by Crippen LogP contribution is -2.16. The van der Waals surface area contributed by atoms with E-state index in [1.54, 1.807) is 19.9 Å². The van der Waals surface area contributed by atoms with Crippen LogP contribution >= 0.6 is 0 Å². The second-order valence-electron chi connectivity index (χ2n) is 4.35. The molecular weight excluding hydrogens is 231 g/mol. The van der Waals surface area contributed by atoms with Crippen LogP contribution in [0.15, 0.2) is 23.0 Å². The Kier molecular flexibility index (Phi) is 3.28. The molecule has 1 N–H and O–H groups in total. The maximum Gasteiger partial charge on any atom is 0.254 e. The minimum atomic E-state index is -0.329. The van der Waals surface area contributed by atoms with E-state index in [1.165, 1.54) is 12.1 Å². The molecule has 0 saturated carbocycles. The summed E-state index contributed by atoms with van der Waals surface area (Å²) in [6.07, 6.45) is 0.636. The molecule has 0 saturated heterocycles. The van der Waals surface area contributed by atoms with Crippen molar-refractivity contribution in [3.8, 4) is 11.4 Å². The SMILES string of the molecule is CCc1c(C)nc(-c2cc(C)cc(F)c2)[nH]c1=O. The average Bonchev–Trinajstić information content (AvgIpc) is 2.27. The van der Waals surface area contributed by atoms with Gasteiger partial charge in [0, 0.05) is 16.8 Å². The van der Waals surface area contributed by atoms with Crippen molar-refractivity contribution in [2.45, 2.75) is 27.2 Å². The molecule has 1 aromatic carbocycles. The molecule has 0 bridgehead atoms. The number of hydrogen-bond acceptors (Lipinski definition) is 2. The van der Waals surface area contributed by atoms with Crippen LogP contribution in [0.5, 0.6) is 0 Å². The molecule has 0 spiro atoms. The summed E-state index contributed by atoms with van der Waals surface area (Å²) >= 11 is 0. The first kappa shape index (κ1) is 12.5. The Labute approximate surface area is 105 Å². The number of aromatic nitrogens is 2. The fourth-order valence-electron chi connectivity index (χ4n) is 2.04. The van der Waals surface area contributed by atoms with Gasteiger partial charge in [0.2, 0.25) is 0 Å². The van der Waals surface area contributed by atoms with E-state index < -0.39 is 0 Å². The van der Waals surface area contributed by atoms with E-state index in [1.807, 2.05) is 6.92 Å². The molecule has 2 rings (SSSR count). The van der Waals surface area contributed by atoms with E-state index in [0.717, 1.165) is 5.56 Å². The topological polar surface area (TPSA) is 45.8 Å². The maximum absolute atomic E-state index is 13.3. The highest BCUT2D eigenvalue weighted by Crippen LogP contribution is 2.18. The van der Waals surface area contributed by atoms with Gasteiger partial charge in [-0.05, 0) is 44.0 Å². The third-order valence-electron chi connectivity index (χ3n) is 2.89. The van der Waals surface area contributed by atoms with Gasteiger partial charge in [0.1, 0.15) is 11.6 Å². The van der Waals surface area contributed by atoms with E-state index in [2.05, 4.69) is 9.97 Å². The van der Waals surface area contributed by atoms with E-state index in [-0.39, 0.29) is 11.4 Å². The molecule has 3 nitrogen and oxygen atoms in total. The summed E-state index contributed by atoms with van der Waals surface area (Å²) in [6, 6.07) is 4.61. The van der Waals surface area contributed by atoms with Gasteiger partial charge in [-0.25, -0.2) is 9.37 Å². The first-order valence-corrected chi connectivity index (χ1v) is 5.88. The second kappa shape index (κ2) is 4.72. The smallest absolute Gasteiger partial charge is 0.254 e. The van der Waals surface area contributed by atoms with Crippen molar-refractivity contribution in [3.05, 3.63) is 51.2 Å². The monoisotopic (exact) mass is 246 g/mol. The Morgan fingerprint density at radius 3 is 2.56 bits per heavy atom. The van der Waals surface area contributed by atoms with Gasteiger partial charge in [0.05, 0.1) is 0 Å². The molecule has 0 atom stereocenters. The number of nitrogens with zero attached hydrogens (tertiary/aromatic N) is 1. The highest BCUT2D eigenvalue weighted by molar-refractivity contribution is 5.56. The lowest BCUT2D eigenvalue weighted by Gasteiger charge is -2.06. The van der Waals surface area contributed by atoms with E-state index in [4.69, 9.17) is 0 Å². The van der Waals surface area contributed by atoms with Crippen molar-refractivity contribution in [2.24, 2.45) is 0 Å². The van der Waals surface area contributed by atoms with Crippen LogP contribution in [0.4, 0.5) is 4.39 Å². The van der Waals surface area contributed by atoms with Crippen LogP contribution in [0.3, 0.4) is 0 Å². The Balaban J connectivity index is 2.61. The third kappa shape index (κ3) is 2.32. The quantitative estimate of drug-likeness (QED) is 0.885. The summed E-state index contributed by atoms with van der Waals surface area (Å²) in [5.74, 6) is 0.0853. The van der Waals surface area contributed by atoms with E-state index in [0.29, 0.717) is 29.1 Å². The number of H-pyrrole nitrogens is 1. The largest absolute Gasteiger partial charge is 0.306 e. The highest BCUT2D eigenvalue weighted by Gasteiger charge is 2.09. The second-order valence-corrected chi connectivity index (χ2v) is 4.35. The molecule has 4 heteroatoms. The lowest BCUT2D eigenvalue weighted by atomic mass is 10.1. The molecule has 1 heterocycles. The fourth-order valence-corrected chi connectivity index (χ4v) is 2.04. The van der Waals surface area contributed by atoms with Gasteiger partial charge in [-0.15, -0.1) is 0 Å². The Bertz CT molecular complexity index is 626. The van der Waals surface area contributed by atoms with Crippen LogP contribution in [0.1, 0.15) is 23.7 Å². The molecule has 0 amide bonds. The van der Waals surface area contributed by atoms with E-state index in [9.17, 15) is 9.18 Å². The normalized spacial score (nSPS) is 10.7. The number of aromatic amines is 1. The van der Waals surface area contributed by atoms with Crippen molar-refractivity contribution in [1.82, 2.24) is 9.97 Å². The zero-order valence-corrected chi connectivity index (χ0v) is 10.7. The molecule has 0 aliphatic heterocycles. The third-order valence-corrected chi connectivity index (χ3v) is 2.89. The lowest BCUT2D eigenvalue weighted by molar-refractivity contribution is 0.627. The number of halogens is 1. The minimum absolute atomic E-state index is 0.151. The summed E-state index contributed by atoms with van der Waals surface area (Å²) < 4.78 is 13.3. The summed E-state index contributed by atoms with van der Waals surface area (Å²) in [7, 11) is 0. The van der Waals surface area contributed by atoms with Crippen molar-refractivity contribution < 1.29 is 4.39 Å². The van der Waals surface area contributed by atoms with Gasteiger partial charge in [0.15, 0.2) is 0 Å². The predicted molar refractivity (Wildman–Crippen MR) is 69.1 cm³/mol. The summed E-state index contributed by atoms with van der Waals surface area (Å²) in [5, 5.41) is 0. The Morgan fingerprint density at radius 2 is 2.00 bits per heavy atom. The van der Waals surface area contributed by atoms with E-state index >= 15 is 0 Å². The number of rotatable bonds is 2. The van der Waals surface area contributed by atoms with Crippen LogP contribution in [0.2, 0.25) is 0 Å². The van der Waals surface area contributed by atoms with Crippen LogP contribution in [0, 0.1) is 19.7 Å². The molecule has 94 valence electrons. The van der Waals surface area contributed by atoms with Gasteiger partial charge in [-0.1, -0.05) is 6.92 Å². The molecule has 0 unspecified atom stereocenters. The van der Waals surface area contributed by atoms with Crippen molar-refractivity contribution in [2.75, 3.05) is 0 Å². The van der Waals surface area contributed by atoms with Crippen LogP contribution < -0.4 is 5.56 Å². The first-order chi connectivity index (χ1) is 8.51. The fraction of sp³-hybridized carbons (Fsp3) is 0.286. The molecule has 1 aromatic heterocycles.